The molecule has 3 nitrogen and oxygen atoms in total. The van der Waals surface area contributed by atoms with Crippen LogP contribution in [0.2, 0.25) is 0 Å². The summed E-state index contributed by atoms with van der Waals surface area (Å²) in [6, 6.07) is 1.90. The molecule has 2 atom stereocenters. The van der Waals surface area contributed by atoms with E-state index < -0.39 is 0 Å². The smallest absolute Gasteiger partial charge is 0.0938 e. The van der Waals surface area contributed by atoms with Crippen LogP contribution in [0.4, 0.5) is 0 Å². The molecule has 0 spiro atoms. The summed E-state index contributed by atoms with van der Waals surface area (Å²) in [5.41, 5.74) is 1.09. The minimum atomic E-state index is -0.257. The van der Waals surface area contributed by atoms with Crippen molar-refractivity contribution in [2.24, 2.45) is 0 Å². The molecule has 2 rings (SSSR count). The molecule has 0 amide bonds. The van der Waals surface area contributed by atoms with E-state index >= 15 is 0 Å². The largest absolute Gasteiger partial charge is 0.472 e. The van der Waals surface area contributed by atoms with Gasteiger partial charge in [0.15, 0.2) is 0 Å². The monoisotopic (exact) mass is 153 g/mol. The van der Waals surface area contributed by atoms with E-state index in [4.69, 9.17) is 4.42 Å². The quantitative estimate of drug-likeness (QED) is 0.611. The van der Waals surface area contributed by atoms with E-state index in [1.807, 2.05) is 6.07 Å². The third-order valence-corrected chi connectivity index (χ3v) is 2.15. The second kappa shape index (κ2) is 2.68. The number of rotatable bonds is 1. The Morgan fingerprint density at radius 3 is 3.00 bits per heavy atom. The van der Waals surface area contributed by atoms with Crippen LogP contribution >= 0.6 is 0 Å². The van der Waals surface area contributed by atoms with Gasteiger partial charge in [0.05, 0.1) is 18.6 Å². The van der Waals surface area contributed by atoms with Gasteiger partial charge in [0.1, 0.15) is 0 Å². The van der Waals surface area contributed by atoms with Crippen LogP contribution in [0.25, 0.3) is 0 Å². The van der Waals surface area contributed by atoms with Gasteiger partial charge in [-0.3, -0.25) is 0 Å². The van der Waals surface area contributed by atoms with E-state index in [0.717, 1.165) is 12.1 Å². The van der Waals surface area contributed by atoms with E-state index in [0.29, 0.717) is 6.54 Å². The molecule has 0 radical (unpaired) electrons. The lowest BCUT2D eigenvalue weighted by molar-refractivity contribution is 0.177. The van der Waals surface area contributed by atoms with Gasteiger partial charge in [-0.05, 0) is 11.6 Å². The Balaban J connectivity index is 2.16. The first-order chi connectivity index (χ1) is 5.38. The highest BCUT2D eigenvalue weighted by molar-refractivity contribution is 5.16. The summed E-state index contributed by atoms with van der Waals surface area (Å²) < 4.78 is 4.94. The minimum absolute atomic E-state index is 0.216. The lowest BCUT2D eigenvalue weighted by Gasteiger charge is -2.09. The fourth-order valence-electron chi connectivity index (χ4n) is 1.49. The van der Waals surface area contributed by atoms with Crippen LogP contribution in [0.3, 0.4) is 0 Å². The summed E-state index contributed by atoms with van der Waals surface area (Å²) in [7, 11) is 0. The summed E-state index contributed by atoms with van der Waals surface area (Å²) in [5, 5.41) is 12.6. The highest BCUT2D eigenvalue weighted by Gasteiger charge is 2.26. The standard InChI is InChI=1S/C8H11NO2/c10-8-4-9-3-7(8)6-1-2-11-5-6/h1-2,5,7-10H,3-4H2/t7-,8+/m0/s1. The second-order valence-electron chi connectivity index (χ2n) is 2.89. The van der Waals surface area contributed by atoms with Crippen molar-refractivity contribution in [3.05, 3.63) is 24.2 Å². The van der Waals surface area contributed by atoms with Crippen molar-refractivity contribution in [1.29, 1.82) is 0 Å². The Labute approximate surface area is 65.0 Å². The van der Waals surface area contributed by atoms with Gasteiger partial charge in [0.25, 0.3) is 0 Å². The first-order valence-electron chi connectivity index (χ1n) is 3.79. The zero-order valence-corrected chi connectivity index (χ0v) is 6.16. The molecule has 0 bridgehead atoms. The third-order valence-electron chi connectivity index (χ3n) is 2.15. The lowest BCUT2D eigenvalue weighted by Crippen LogP contribution is -2.15. The summed E-state index contributed by atoms with van der Waals surface area (Å²) in [6.45, 7) is 1.54. The maximum atomic E-state index is 9.46. The molecule has 0 unspecified atom stereocenters. The van der Waals surface area contributed by atoms with E-state index in [2.05, 4.69) is 5.32 Å². The molecular weight excluding hydrogens is 142 g/mol. The van der Waals surface area contributed by atoms with Gasteiger partial charge in [-0.25, -0.2) is 0 Å². The average Bonchev–Trinajstić information content (AvgIpc) is 2.55. The third kappa shape index (κ3) is 1.17. The van der Waals surface area contributed by atoms with Crippen LogP contribution in [0.5, 0.6) is 0 Å². The van der Waals surface area contributed by atoms with Gasteiger partial charge in [-0.1, -0.05) is 0 Å². The van der Waals surface area contributed by atoms with Crippen molar-refractivity contribution in [3.63, 3.8) is 0 Å². The van der Waals surface area contributed by atoms with Crippen LogP contribution in [0, 0.1) is 0 Å². The minimum Gasteiger partial charge on any atom is -0.472 e. The van der Waals surface area contributed by atoms with E-state index in [1.165, 1.54) is 0 Å². The number of nitrogens with one attached hydrogen (secondary N) is 1. The predicted octanol–water partition coefficient (Wildman–Crippen LogP) is 0.327. The van der Waals surface area contributed by atoms with Gasteiger partial charge in [-0.15, -0.1) is 0 Å². The second-order valence-corrected chi connectivity index (χ2v) is 2.89. The summed E-state index contributed by atoms with van der Waals surface area (Å²) >= 11 is 0. The van der Waals surface area contributed by atoms with Crippen LogP contribution in [-0.4, -0.2) is 24.3 Å². The molecular formula is C8H11NO2. The number of hydrogen-bond donors (Lipinski definition) is 2. The number of aliphatic hydroxyl groups is 1. The zero-order valence-electron chi connectivity index (χ0n) is 6.16. The Bertz CT molecular complexity index is 220. The normalized spacial score (nSPS) is 31.0. The van der Waals surface area contributed by atoms with Crippen molar-refractivity contribution >= 4 is 0 Å². The van der Waals surface area contributed by atoms with Crippen molar-refractivity contribution < 1.29 is 9.52 Å². The molecule has 1 saturated heterocycles. The van der Waals surface area contributed by atoms with Gasteiger partial charge in [-0.2, -0.15) is 0 Å². The predicted molar refractivity (Wildman–Crippen MR) is 40.3 cm³/mol. The molecule has 0 saturated carbocycles. The molecule has 2 heterocycles. The maximum Gasteiger partial charge on any atom is 0.0938 e. The Morgan fingerprint density at radius 2 is 2.45 bits per heavy atom. The molecule has 1 aliphatic rings. The van der Waals surface area contributed by atoms with Gasteiger partial charge < -0.3 is 14.8 Å². The summed E-state index contributed by atoms with van der Waals surface area (Å²) in [6.07, 6.45) is 3.08. The van der Waals surface area contributed by atoms with Crippen molar-refractivity contribution in [2.75, 3.05) is 13.1 Å². The highest BCUT2D eigenvalue weighted by atomic mass is 16.3. The molecule has 11 heavy (non-hydrogen) atoms. The van der Waals surface area contributed by atoms with Crippen LogP contribution < -0.4 is 5.32 Å². The first kappa shape index (κ1) is 6.88. The molecule has 2 N–H and O–H groups in total. The van der Waals surface area contributed by atoms with Gasteiger partial charge in [0, 0.05) is 19.0 Å². The fourth-order valence-corrected chi connectivity index (χ4v) is 1.49. The Kier molecular flexibility index (Phi) is 1.68. The number of hydrogen-bond acceptors (Lipinski definition) is 3. The average molecular weight is 153 g/mol. The lowest BCUT2D eigenvalue weighted by atomic mass is 9.99. The molecule has 1 aromatic rings. The Hall–Kier alpha value is -0.800. The molecule has 0 aromatic carbocycles. The van der Waals surface area contributed by atoms with Gasteiger partial charge in [0.2, 0.25) is 0 Å². The SMILES string of the molecule is O[C@@H]1CNC[C@H]1c1ccoc1. The van der Waals surface area contributed by atoms with Gasteiger partial charge >= 0.3 is 0 Å². The number of aliphatic hydroxyl groups excluding tert-OH is 1. The number of furan rings is 1. The fraction of sp³-hybridized carbons (Fsp3) is 0.500. The van der Waals surface area contributed by atoms with E-state index in [1.54, 1.807) is 12.5 Å². The van der Waals surface area contributed by atoms with Crippen molar-refractivity contribution in [2.45, 2.75) is 12.0 Å². The summed E-state index contributed by atoms with van der Waals surface area (Å²) in [5.74, 6) is 0.216. The van der Waals surface area contributed by atoms with Crippen LogP contribution in [-0.2, 0) is 0 Å². The molecule has 60 valence electrons. The highest BCUT2D eigenvalue weighted by Crippen LogP contribution is 2.22. The van der Waals surface area contributed by atoms with Crippen molar-refractivity contribution in [3.8, 4) is 0 Å². The number of β-amino-alcohol motifs (C(OH)–C–C–N with tert-alkyl or cyclic N) is 1. The summed E-state index contributed by atoms with van der Waals surface area (Å²) in [4.78, 5) is 0. The molecule has 1 aromatic heterocycles. The first-order valence-corrected chi connectivity index (χ1v) is 3.79. The van der Waals surface area contributed by atoms with Crippen LogP contribution in [0.1, 0.15) is 11.5 Å². The van der Waals surface area contributed by atoms with E-state index in [-0.39, 0.29) is 12.0 Å². The maximum absolute atomic E-state index is 9.46. The van der Waals surface area contributed by atoms with E-state index in [9.17, 15) is 5.11 Å². The van der Waals surface area contributed by atoms with Crippen LogP contribution in [0.15, 0.2) is 23.0 Å². The van der Waals surface area contributed by atoms with Crippen molar-refractivity contribution in [1.82, 2.24) is 5.32 Å². The molecule has 3 heteroatoms. The topological polar surface area (TPSA) is 45.4 Å². The molecule has 1 fully saturated rings. The Morgan fingerprint density at radius 1 is 1.55 bits per heavy atom. The zero-order chi connectivity index (χ0) is 7.68. The molecule has 0 aliphatic carbocycles. The molecule has 1 aliphatic heterocycles.